The van der Waals surface area contributed by atoms with Gasteiger partial charge in [0.1, 0.15) is 5.82 Å². The van der Waals surface area contributed by atoms with Gasteiger partial charge in [-0.05, 0) is 24.6 Å². The van der Waals surface area contributed by atoms with E-state index in [9.17, 15) is 0 Å². The van der Waals surface area contributed by atoms with Crippen molar-refractivity contribution >= 4 is 11.9 Å². The van der Waals surface area contributed by atoms with Crippen molar-refractivity contribution in [3.63, 3.8) is 0 Å². The van der Waals surface area contributed by atoms with Crippen LogP contribution in [0.1, 0.15) is 11.4 Å². The normalized spacial score (nSPS) is 9.95. The molecule has 2 aromatic rings. The molecule has 19 heavy (non-hydrogen) atoms. The number of nitrogens with one attached hydrogen (secondary N) is 2. The largest absolute Gasteiger partial charge is 0.381 e. The Bertz CT molecular complexity index is 588. The highest BCUT2D eigenvalue weighted by Crippen LogP contribution is 2.23. The van der Waals surface area contributed by atoms with Gasteiger partial charge in [-0.1, -0.05) is 12.1 Å². The number of hydrogen-bond donors (Lipinski definition) is 2. The molecule has 0 unspecified atom stereocenters. The minimum Gasteiger partial charge on any atom is -0.381 e. The molecule has 0 aliphatic carbocycles. The van der Waals surface area contributed by atoms with Gasteiger partial charge in [0.2, 0.25) is 0 Å². The van der Waals surface area contributed by atoms with Gasteiger partial charge < -0.3 is 10.7 Å². The first-order chi connectivity index (χ1) is 9.24. The first-order valence-corrected chi connectivity index (χ1v) is 6.03. The van der Waals surface area contributed by atoms with Gasteiger partial charge in [0.15, 0.2) is 0 Å². The molecule has 1 aromatic carbocycles. The molecule has 96 valence electrons. The van der Waals surface area contributed by atoms with Crippen LogP contribution in [0.3, 0.4) is 0 Å². The second kappa shape index (κ2) is 5.91. The average Bonchev–Trinajstić information content (AvgIpc) is 2.46. The van der Waals surface area contributed by atoms with Gasteiger partial charge in [-0.25, -0.2) is 9.97 Å². The van der Waals surface area contributed by atoms with E-state index in [1.807, 2.05) is 25.1 Å². The third kappa shape index (κ3) is 3.04. The summed E-state index contributed by atoms with van der Waals surface area (Å²) >= 11 is 0. The van der Waals surface area contributed by atoms with Crippen LogP contribution in [0.25, 0.3) is 11.1 Å². The first-order valence-electron chi connectivity index (χ1n) is 6.03. The number of aromatic nitrogens is 2. The predicted octanol–water partition coefficient (Wildman–Crippen LogP) is 3.05. The molecule has 0 saturated heterocycles. The minimum atomic E-state index is 0.674. The fraction of sp³-hybridized carbons (Fsp3) is 0.133. The molecule has 4 heteroatoms. The van der Waals surface area contributed by atoms with Gasteiger partial charge in [-0.2, -0.15) is 0 Å². The highest BCUT2D eigenvalue weighted by molar-refractivity contribution is 5.88. The fourth-order valence-corrected chi connectivity index (χ4v) is 1.75. The van der Waals surface area contributed by atoms with Crippen molar-refractivity contribution in [2.75, 3.05) is 11.9 Å². The van der Waals surface area contributed by atoms with Crippen molar-refractivity contribution in [3.05, 3.63) is 54.6 Å². The lowest BCUT2D eigenvalue weighted by Crippen LogP contribution is -2.01. The van der Waals surface area contributed by atoms with E-state index in [2.05, 4.69) is 21.9 Å². The summed E-state index contributed by atoms with van der Waals surface area (Å²) in [5, 5.41) is 10.7. The van der Waals surface area contributed by atoms with Gasteiger partial charge in [0.05, 0.1) is 0 Å². The topological polar surface area (TPSA) is 61.7 Å². The lowest BCUT2D eigenvalue weighted by Gasteiger charge is -2.09. The second-order valence-corrected chi connectivity index (χ2v) is 4.13. The van der Waals surface area contributed by atoms with Crippen LogP contribution < -0.4 is 5.32 Å². The van der Waals surface area contributed by atoms with Gasteiger partial charge in [-0.15, -0.1) is 6.58 Å². The van der Waals surface area contributed by atoms with Crippen molar-refractivity contribution in [1.29, 1.82) is 5.41 Å². The Morgan fingerprint density at radius 1 is 1.26 bits per heavy atom. The molecule has 0 amide bonds. The van der Waals surface area contributed by atoms with Crippen molar-refractivity contribution < 1.29 is 0 Å². The van der Waals surface area contributed by atoms with Crippen LogP contribution in [0.15, 0.2) is 43.2 Å². The summed E-state index contributed by atoms with van der Waals surface area (Å²) in [6, 6.07) is 5.90. The van der Waals surface area contributed by atoms with Crippen LogP contribution in [-0.2, 0) is 0 Å². The molecule has 0 radical (unpaired) electrons. The van der Waals surface area contributed by atoms with Crippen LogP contribution in [0.2, 0.25) is 0 Å². The number of nitrogens with zero attached hydrogens (tertiary/aromatic N) is 2. The minimum absolute atomic E-state index is 0.674. The van der Waals surface area contributed by atoms with Gasteiger partial charge in [-0.3, -0.25) is 0 Å². The van der Waals surface area contributed by atoms with Crippen molar-refractivity contribution in [2.45, 2.75) is 6.92 Å². The number of benzene rings is 1. The quantitative estimate of drug-likeness (QED) is 0.635. The van der Waals surface area contributed by atoms with Crippen molar-refractivity contribution in [3.8, 4) is 11.1 Å². The molecule has 1 heterocycles. The maximum absolute atomic E-state index is 7.49. The number of rotatable bonds is 5. The zero-order chi connectivity index (χ0) is 13.7. The average molecular weight is 252 g/mol. The molecule has 4 nitrogen and oxygen atoms in total. The second-order valence-electron chi connectivity index (χ2n) is 4.13. The summed E-state index contributed by atoms with van der Waals surface area (Å²) in [6.07, 6.45) is 6.71. The SMILES string of the molecule is C=CCNc1ccc(-c2cnc(C)nc2)cc1C=N. The van der Waals surface area contributed by atoms with Gasteiger partial charge in [0.25, 0.3) is 0 Å². The van der Waals surface area contributed by atoms with E-state index < -0.39 is 0 Å². The Hall–Kier alpha value is -2.49. The van der Waals surface area contributed by atoms with E-state index in [0.717, 1.165) is 28.2 Å². The molecule has 2 N–H and O–H groups in total. The van der Waals surface area contributed by atoms with Crippen molar-refractivity contribution in [2.24, 2.45) is 0 Å². The Morgan fingerprint density at radius 2 is 2.00 bits per heavy atom. The molecule has 0 aliphatic heterocycles. The fourth-order valence-electron chi connectivity index (χ4n) is 1.75. The third-order valence-corrected chi connectivity index (χ3v) is 2.76. The summed E-state index contributed by atoms with van der Waals surface area (Å²) in [5.74, 6) is 0.750. The predicted molar refractivity (Wildman–Crippen MR) is 78.8 cm³/mol. The third-order valence-electron chi connectivity index (χ3n) is 2.76. The van der Waals surface area contributed by atoms with Crippen molar-refractivity contribution in [1.82, 2.24) is 9.97 Å². The molecule has 0 fully saturated rings. The van der Waals surface area contributed by atoms with Crippen LogP contribution >= 0.6 is 0 Å². The number of hydrogen-bond acceptors (Lipinski definition) is 4. The molecular formula is C15H16N4. The summed E-state index contributed by atoms with van der Waals surface area (Å²) in [6.45, 7) is 6.20. The lowest BCUT2D eigenvalue weighted by atomic mass is 10.0. The first kappa shape index (κ1) is 13.0. The molecule has 2 rings (SSSR count). The number of anilines is 1. The van der Waals surface area contributed by atoms with Gasteiger partial charge >= 0.3 is 0 Å². The Balaban J connectivity index is 2.35. The molecular weight excluding hydrogens is 236 g/mol. The number of aryl methyl sites for hydroxylation is 1. The summed E-state index contributed by atoms with van der Waals surface area (Å²) in [5.41, 5.74) is 3.71. The van der Waals surface area contributed by atoms with Gasteiger partial charge in [0, 0.05) is 42.0 Å². The maximum atomic E-state index is 7.49. The van der Waals surface area contributed by atoms with E-state index in [-0.39, 0.29) is 0 Å². The summed E-state index contributed by atoms with van der Waals surface area (Å²) in [7, 11) is 0. The molecule has 0 bridgehead atoms. The zero-order valence-electron chi connectivity index (χ0n) is 10.9. The van der Waals surface area contributed by atoms with E-state index in [1.165, 1.54) is 6.21 Å². The standard InChI is InChI=1S/C15H16N4/c1-3-6-17-15-5-4-12(7-13(15)8-16)14-9-18-11(2)19-10-14/h3-5,7-10,16-17H,1,6H2,2H3. The van der Waals surface area contributed by atoms with E-state index in [4.69, 9.17) is 5.41 Å². The van der Waals surface area contributed by atoms with Crippen LogP contribution in [0.5, 0.6) is 0 Å². The smallest absolute Gasteiger partial charge is 0.125 e. The summed E-state index contributed by atoms with van der Waals surface area (Å²) in [4.78, 5) is 8.37. The van der Waals surface area contributed by atoms with Crippen LogP contribution in [0, 0.1) is 12.3 Å². The van der Waals surface area contributed by atoms with E-state index >= 15 is 0 Å². The molecule has 1 aromatic heterocycles. The Morgan fingerprint density at radius 3 is 2.63 bits per heavy atom. The maximum Gasteiger partial charge on any atom is 0.125 e. The monoisotopic (exact) mass is 252 g/mol. The lowest BCUT2D eigenvalue weighted by molar-refractivity contribution is 1.06. The molecule has 0 saturated carbocycles. The van der Waals surface area contributed by atoms with Crippen LogP contribution in [0.4, 0.5) is 5.69 Å². The molecule has 0 atom stereocenters. The molecule has 0 aliphatic rings. The van der Waals surface area contributed by atoms with Crippen LogP contribution in [-0.4, -0.2) is 22.7 Å². The van der Waals surface area contributed by atoms with E-state index in [1.54, 1.807) is 18.5 Å². The highest BCUT2D eigenvalue weighted by Gasteiger charge is 2.04. The highest BCUT2D eigenvalue weighted by atomic mass is 14.9. The molecule has 0 spiro atoms. The van der Waals surface area contributed by atoms with E-state index in [0.29, 0.717) is 6.54 Å². The Kier molecular flexibility index (Phi) is 4.03. The zero-order valence-corrected chi connectivity index (χ0v) is 10.9. The Labute approximate surface area is 112 Å². The summed E-state index contributed by atoms with van der Waals surface area (Å²) < 4.78 is 0.